The molecule has 0 N–H and O–H groups in total. The Morgan fingerprint density at radius 2 is 1.77 bits per heavy atom. The van der Waals surface area contributed by atoms with Gasteiger partial charge in [-0.2, -0.15) is 0 Å². The zero-order chi connectivity index (χ0) is 10.0. The minimum atomic E-state index is -0.769. The van der Waals surface area contributed by atoms with Crippen LogP contribution in [0.25, 0.3) is 0 Å². The first-order chi connectivity index (χ1) is 6.06. The van der Waals surface area contributed by atoms with Crippen LogP contribution in [0.15, 0.2) is 0 Å². The summed E-state index contributed by atoms with van der Waals surface area (Å²) in [6, 6.07) is 0. The van der Waals surface area contributed by atoms with E-state index in [2.05, 4.69) is 4.74 Å². The first-order valence-electron chi connectivity index (χ1n) is 4.00. The van der Waals surface area contributed by atoms with E-state index in [1.54, 1.807) is 13.8 Å². The van der Waals surface area contributed by atoms with E-state index in [9.17, 15) is 9.59 Å². The molecule has 0 aromatic heterocycles. The van der Waals surface area contributed by atoms with Gasteiger partial charge in [0.1, 0.15) is 0 Å². The maximum absolute atomic E-state index is 11.1. The Morgan fingerprint density at radius 1 is 1.23 bits per heavy atom. The second-order valence-electron chi connectivity index (χ2n) is 2.99. The van der Waals surface area contributed by atoms with Crippen molar-refractivity contribution in [3.8, 4) is 0 Å². The van der Waals surface area contributed by atoms with Gasteiger partial charge in [-0.15, -0.1) is 0 Å². The highest BCUT2D eigenvalue weighted by molar-refractivity contribution is 5.89. The summed E-state index contributed by atoms with van der Waals surface area (Å²) >= 11 is 0. The molecule has 0 spiro atoms. The second-order valence-corrected chi connectivity index (χ2v) is 2.99. The largest absolute Gasteiger partial charge is 0.467 e. The Hall–Kier alpha value is -1.10. The molecule has 5 nitrogen and oxygen atoms in total. The van der Waals surface area contributed by atoms with Crippen LogP contribution in [0.1, 0.15) is 13.8 Å². The second kappa shape index (κ2) is 3.74. The highest BCUT2D eigenvalue weighted by atomic mass is 16.7. The van der Waals surface area contributed by atoms with Crippen LogP contribution in [-0.2, 0) is 23.8 Å². The quantitative estimate of drug-likeness (QED) is 0.456. The SMILES string of the molecule is COC(=O)C1OC1C(=O)OC(C)C. The normalized spacial score (nSPS) is 25.5. The third-order valence-corrected chi connectivity index (χ3v) is 1.51. The molecule has 0 saturated carbocycles. The summed E-state index contributed by atoms with van der Waals surface area (Å²) in [6.07, 6.45) is -1.74. The van der Waals surface area contributed by atoms with E-state index in [-0.39, 0.29) is 6.10 Å². The van der Waals surface area contributed by atoms with Crippen LogP contribution in [0.2, 0.25) is 0 Å². The summed E-state index contributed by atoms with van der Waals surface area (Å²) in [5.41, 5.74) is 0. The van der Waals surface area contributed by atoms with Gasteiger partial charge in [0.2, 0.25) is 0 Å². The van der Waals surface area contributed by atoms with Gasteiger partial charge in [-0.25, -0.2) is 9.59 Å². The molecule has 1 aliphatic heterocycles. The summed E-state index contributed by atoms with van der Waals surface area (Å²) in [6.45, 7) is 3.46. The fourth-order valence-corrected chi connectivity index (χ4v) is 0.886. The molecule has 0 aliphatic carbocycles. The van der Waals surface area contributed by atoms with Crippen LogP contribution in [0.5, 0.6) is 0 Å². The number of hydrogen-bond donors (Lipinski definition) is 0. The van der Waals surface area contributed by atoms with Crippen molar-refractivity contribution in [3.05, 3.63) is 0 Å². The minimum Gasteiger partial charge on any atom is -0.467 e. The Labute approximate surface area is 76.0 Å². The van der Waals surface area contributed by atoms with E-state index in [4.69, 9.17) is 9.47 Å². The van der Waals surface area contributed by atoms with E-state index < -0.39 is 24.1 Å². The van der Waals surface area contributed by atoms with Crippen LogP contribution < -0.4 is 0 Å². The van der Waals surface area contributed by atoms with Gasteiger partial charge in [0.15, 0.2) is 12.2 Å². The van der Waals surface area contributed by atoms with Crippen molar-refractivity contribution in [2.75, 3.05) is 7.11 Å². The zero-order valence-corrected chi connectivity index (χ0v) is 7.77. The summed E-state index contributed by atoms with van der Waals surface area (Å²) in [4.78, 5) is 21.9. The smallest absolute Gasteiger partial charge is 0.338 e. The topological polar surface area (TPSA) is 65.1 Å². The lowest BCUT2D eigenvalue weighted by atomic mass is 10.3. The van der Waals surface area contributed by atoms with E-state index in [1.807, 2.05) is 0 Å². The first-order valence-corrected chi connectivity index (χ1v) is 4.00. The summed E-state index contributed by atoms with van der Waals surface area (Å²) < 4.78 is 14.0. The molecule has 2 atom stereocenters. The zero-order valence-electron chi connectivity index (χ0n) is 7.77. The molecule has 0 radical (unpaired) electrons. The highest BCUT2D eigenvalue weighted by Gasteiger charge is 2.52. The average molecular weight is 188 g/mol. The molecule has 1 saturated heterocycles. The first kappa shape index (κ1) is 9.98. The van der Waals surface area contributed by atoms with Gasteiger partial charge in [0.25, 0.3) is 0 Å². The van der Waals surface area contributed by atoms with Crippen molar-refractivity contribution in [1.29, 1.82) is 0 Å². The Morgan fingerprint density at radius 3 is 2.23 bits per heavy atom. The van der Waals surface area contributed by atoms with Gasteiger partial charge in [0, 0.05) is 0 Å². The molecular formula is C8H12O5. The molecule has 2 unspecified atom stereocenters. The van der Waals surface area contributed by atoms with Crippen molar-refractivity contribution < 1.29 is 23.8 Å². The number of esters is 2. The molecule has 13 heavy (non-hydrogen) atoms. The van der Waals surface area contributed by atoms with E-state index in [0.29, 0.717) is 0 Å². The van der Waals surface area contributed by atoms with Crippen molar-refractivity contribution in [1.82, 2.24) is 0 Å². The number of ether oxygens (including phenoxy) is 3. The van der Waals surface area contributed by atoms with Crippen LogP contribution in [0.3, 0.4) is 0 Å². The standard InChI is InChI=1S/C8H12O5/c1-4(2)12-8(10)6-5(13-6)7(9)11-3/h4-6H,1-3H3. The molecule has 1 aliphatic rings. The Balaban J connectivity index is 2.34. The van der Waals surface area contributed by atoms with E-state index in [1.165, 1.54) is 7.11 Å². The Kier molecular flexibility index (Phi) is 2.87. The summed E-state index contributed by atoms with van der Waals surface area (Å²) in [5.74, 6) is -1.05. The third kappa shape index (κ3) is 2.42. The van der Waals surface area contributed by atoms with Crippen molar-refractivity contribution >= 4 is 11.9 Å². The average Bonchev–Trinajstić information content (AvgIpc) is 2.80. The van der Waals surface area contributed by atoms with Gasteiger partial charge >= 0.3 is 11.9 Å². The summed E-state index contributed by atoms with van der Waals surface area (Å²) in [5, 5.41) is 0. The number of methoxy groups -OCH3 is 1. The minimum absolute atomic E-state index is 0.199. The molecule has 1 fully saturated rings. The lowest BCUT2D eigenvalue weighted by Gasteiger charge is -2.04. The summed E-state index contributed by atoms with van der Waals surface area (Å²) in [7, 11) is 1.24. The maximum Gasteiger partial charge on any atom is 0.338 e. The fourth-order valence-electron chi connectivity index (χ4n) is 0.886. The number of carbonyl (C=O) groups excluding carboxylic acids is 2. The van der Waals surface area contributed by atoms with Gasteiger partial charge in [-0.05, 0) is 13.8 Å². The van der Waals surface area contributed by atoms with Crippen LogP contribution in [0, 0.1) is 0 Å². The van der Waals surface area contributed by atoms with Gasteiger partial charge in [-0.1, -0.05) is 0 Å². The van der Waals surface area contributed by atoms with E-state index in [0.717, 1.165) is 0 Å². The van der Waals surface area contributed by atoms with Crippen LogP contribution >= 0.6 is 0 Å². The predicted molar refractivity (Wildman–Crippen MR) is 41.9 cm³/mol. The predicted octanol–water partition coefficient (Wildman–Crippen LogP) is -0.122. The van der Waals surface area contributed by atoms with Crippen molar-refractivity contribution in [3.63, 3.8) is 0 Å². The lowest BCUT2D eigenvalue weighted by molar-refractivity contribution is -0.149. The molecule has 0 amide bonds. The maximum atomic E-state index is 11.1. The van der Waals surface area contributed by atoms with Gasteiger partial charge < -0.3 is 14.2 Å². The lowest BCUT2D eigenvalue weighted by Crippen LogP contribution is -2.21. The number of hydrogen-bond acceptors (Lipinski definition) is 5. The number of rotatable bonds is 3. The highest BCUT2D eigenvalue weighted by Crippen LogP contribution is 2.24. The monoisotopic (exact) mass is 188 g/mol. The molecule has 5 heteroatoms. The van der Waals surface area contributed by atoms with Gasteiger partial charge in [0.05, 0.1) is 13.2 Å². The van der Waals surface area contributed by atoms with Crippen LogP contribution in [0.4, 0.5) is 0 Å². The molecule has 1 rings (SSSR count). The fraction of sp³-hybridized carbons (Fsp3) is 0.750. The molecule has 0 aromatic carbocycles. The van der Waals surface area contributed by atoms with Crippen LogP contribution in [-0.4, -0.2) is 37.4 Å². The molecular weight excluding hydrogens is 176 g/mol. The molecule has 74 valence electrons. The van der Waals surface area contributed by atoms with Crippen molar-refractivity contribution in [2.24, 2.45) is 0 Å². The Bertz CT molecular complexity index is 223. The molecule has 1 heterocycles. The number of carbonyl (C=O) groups is 2. The molecule has 0 aromatic rings. The third-order valence-electron chi connectivity index (χ3n) is 1.51. The van der Waals surface area contributed by atoms with Gasteiger partial charge in [-0.3, -0.25) is 0 Å². The molecule has 0 bridgehead atoms. The van der Waals surface area contributed by atoms with Crippen molar-refractivity contribution in [2.45, 2.75) is 32.2 Å². The number of epoxide rings is 1. The van der Waals surface area contributed by atoms with E-state index >= 15 is 0 Å².